The molecule has 1 aromatic carbocycles. The third kappa shape index (κ3) is 2.39. The third-order valence-electron chi connectivity index (χ3n) is 2.97. The van der Waals surface area contributed by atoms with E-state index in [0.717, 1.165) is 5.56 Å². The van der Waals surface area contributed by atoms with Crippen LogP contribution in [0.15, 0.2) is 46.2 Å². The van der Waals surface area contributed by atoms with Gasteiger partial charge in [0.15, 0.2) is 5.52 Å². The van der Waals surface area contributed by atoms with Crippen molar-refractivity contribution in [3.63, 3.8) is 0 Å². The van der Waals surface area contributed by atoms with E-state index in [-0.39, 0.29) is 5.52 Å². The molecule has 0 saturated heterocycles. The Kier molecular flexibility index (Phi) is 3.18. The van der Waals surface area contributed by atoms with Crippen LogP contribution in [0, 0.1) is 0 Å². The summed E-state index contributed by atoms with van der Waals surface area (Å²) in [4.78, 5) is 31.5. The fourth-order valence-electron chi connectivity index (χ4n) is 2.02. The van der Waals surface area contributed by atoms with Gasteiger partial charge in [0.1, 0.15) is 5.65 Å². The molecule has 0 atom stereocenters. The summed E-state index contributed by atoms with van der Waals surface area (Å²) in [6, 6.07) is 9.95. The molecule has 20 heavy (non-hydrogen) atoms. The average molecular weight is 271 g/mol. The van der Waals surface area contributed by atoms with E-state index >= 15 is 0 Å². The molecule has 3 rings (SSSR count). The molecule has 0 amide bonds. The van der Waals surface area contributed by atoms with Crippen LogP contribution in [0.4, 0.5) is 0 Å². The summed E-state index contributed by atoms with van der Waals surface area (Å²) < 4.78 is 1.69. The molecule has 7 heteroatoms. The number of nitrogens with zero attached hydrogens (tertiary/aromatic N) is 2. The molecule has 0 bridgehead atoms. The fraction of sp³-hybridized carbons (Fsp3) is 0.154. The molecule has 0 fully saturated rings. The zero-order chi connectivity index (χ0) is 13.9. The Morgan fingerprint density at radius 1 is 1.15 bits per heavy atom. The van der Waals surface area contributed by atoms with Crippen LogP contribution in [0.1, 0.15) is 5.56 Å². The highest BCUT2D eigenvalue weighted by molar-refractivity contribution is 5.68. The van der Waals surface area contributed by atoms with Crippen molar-refractivity contribution in [2.24, 2.45) is 0 Å². The highest BCUT2D eigenvalue weighted by Crippen LogP contribution is 2.02. The molecule has 0 saturated carbocycles. The summed E-state index contributed by atoms with van der Waals surface area (Å²) >= 11 is 0. The lowest BCUT2D eigenvalue weighted by molar-refractivity contribution is 0.565. The maximum atomic E-state index is 11.5. The number of aromatic nitrogens is 4. The molecular formula is C13H13N5O2. The highest BCUT2D eigenvalue weighted by Gasteiger charge is 2.07. The summed E-state index contributed by atoms with van der Waals surface area (Å²) in [5, 5.41) is 3.22. The predicted octanol–water partition coefficient (Wildman–Crippen LogP) is 0.160. The fourth-order valence-corrected chi connectivity index (χ4v) is 2.02. The molecule has 2 heterocycles. The molecule has 7 nitrogen and oxygen atoms in total. The van der Waals surface area contributed by atoms with Gasteiger partial charge in [-0.15, -0.1) is 0 Å². The van der Waals surface area contributed by atoms with E-state index in [9.17, 15) is 9.59 Å². The summed E-state index contributed by atoms with van der Waals surface area (Å²) in [5.41, 5.74) is 0.784. The van der Waals surface area contributed by atoms with E-state index in [1.165, 1.54) is 6.33 Å². The maximum Gasteiger partial charge on any atom is 0.327 e. The van der Waals surface area contributed by atoms with Gasteiger partial charge in [0.2, 0.25) is 0 Å². The van der Waals surface area contributed by atoms with Crippen LogP contribution in [0.25, 0.3) is 11.2 Å². The topological polar surface area (TPSA) is 95.6 Å². The number of fused-ring (bicyclic) bond motifs is 1. The predicted molar refractivity (Wildman–Crippen MR) is 74.3 cm³/mol. The zero-order valence-electron chi connectivity index (χ0n) is 10.6. The zero-order valence-corrected chi connectivity index (χ0v) is 10.6. The lowest BCUT2D eigenvalue weighted by Crippen LogP contribution is -2.24. The molecular weight excluding hydrogens is 258 g/mol. The number of aromatic amines is 2. The number of H-pyrrole nitrogens is 2. The van der Waals surface area contributed by atoms with Crippen LogP contribution in [0.5, 0.6) is 0 Å². The van der Waals surface area contributed by atoms with Gasteiger partial charge in [-0.05, 0) is 5.56 Å². The average Bonchev–Trinajstić information content (AvgIpc) is 2.83. The normalized spacial score (nSPS) is 11.0. The van der Waals surface area contributed by atoms with E-state index in [1.54, 1.807) is 4.57 Å². The number of rotatable bonds is 4. The van der Waals surface area contributed by atoms with Gasteiger partial charge in [-0.25, -0.2) is 9.78 Å². The van der Waals surface area contributed by atoms with Gasteiger partial charge in [0, 0.05) is 6.54 Å². The van der Waals surface area contributed by atoms with Crippen molar-refractivity contribution in [3.05, 3.63) is 63.1 Å². The minimum atomic E-state index is -0.535. The molecule has 0 spiro atoms. The molecule has 0 unspecified atom stereocenters. The number of imidazole rings is 1. The van der Waals surface area contributed by atoms with Crippen LogP contribution >= 0.6 is 0 Å². The standard InChI is InChI=1S/C13H13N5O2/c19-12-10-11(16-13(20)17-12)18(8-15-10)7-14-6-9-4-2-1-3-5-9/h1-5,8,14H,6-7H2,(H2,16,17,19,20). The molecule has 0 aliphatic carbocycles. The van der Waals surface area contributed by atoms with Crippen molar-refractivity contribution < 1.29 is 0 Å². The Labute approximate surface area is 113 Å². The van der Waals surface area contributed by atoms with E-state index in [2.05, 4.69) is 20.3 Å². The first kappa shape index (κ1) is 12.4. The SMILES string of the molecule is O=c1[nH]c(=O)c2ncn(CNCc3ccccc3)c2[nH]1. The second kappa shape index (κ2) is 5.14. The number of benzene rings is 1. The molecule has 0 radical (unpaired) electrons. The minimum Gasteiger partial charge on any atom is -0.303 e. The lowest BCUT2D eigenvalue weighted by atomic mass is 10.2. The van der Waals surface area contributed by atoms with Crippen molar-refractivity contribution >= 4 is 11.2 Å². The second-order valence-electron chi connectivity index (χ2n) is 4.39. The molecule has 3 aromatic rings. The quantitative estimate of drug-likeness (QED) is 0.630. The highest BCUT2D eigenvalue weighted by atomic mass is 16.2. The van der Waals surface area contributed by atoms with E-state index < -0.39 is 11.2 Å². The van der Waals surface area contributed by atoms with Crippen molar-refractivity contribution in [1.29, 1.82) is 0 Å². The molecule has 2 aromatic heterocycles. The third-order valence-corrected chi connectivity index (χ3v) is 2.97. The van der Waals surface area contributed by atoms with Gasteiger partial charge in [-0.1, -0.05) is 30.3 Å². The van der Waals surface area contributed by atoms with Crippen molar-refractivity contribution in [1.82, 2.24) is 24.8 Å². The largest absolute Gasteiger partial charge is 0.327 e. The Morgan fingerprint density at radius 2 is 1.95 bits per heavy atom. The summed E-state index contributed by atoms with van der Waals surface area (Å²) in [5.74, 6) is 0. The first-order valence-electron chi connectivity index (χ1n) is 6.16. The Hall–Kier alpha value is -2.67. The summed E-state index contributed by atoms with van der Waals surface area (Å²) in [6.07, 6.45) is 1.52. The van der Waals surface area contributed by atoms with Gasteiger partial charge >= 0.3 is 5.69 Å². The lowest BCUT2D eigenvalue weighted by Gasteiger charge is -2.06. The first-order chi connectivity index (χ1) is 9.74. The Balaban J connectivity index is 1.78. The van der Waals surface area contributed by atoms with E-state index in [0.29, 0.717) is 18.9 Å². The van der Waals surface area contributed by atoms with Crippen molar-refractivity contribution in [2.75, 3.05) is 0 Å². The molecule has 0 aliphatic rings. The summed E-state index contributed by atoms with van der Waals surface area (Å²) in [6.45, 7) is 1.14. The first-order valence-corrected chi connectivity index (χ1v) is 6.16. The molecule has 0 aliphatic heterocycles. The molecule has 3 N–H and O–H groups in total. The number of hydrogen-bond acceptors (Lipinski definition) is 4. The monoisotopic (exact) mass is 271 g/mol. The van der Waals surface area contributed by atoms with Gasteiger partial charge in [-0.3, -0.25) is 20.1 Å². The van der Waals surface area contributed by atoms with Crippen molar-refractivity contribution in [3.8, 4) is 0 Å². The van der Waals surface area contributed by atoms with Gasteiger partial charge in [0.05, 0.1) is 13.0 Å². The number of nitrogens with one attached hydrogen (secondary N) is 3. The van der Waals surface area contributed by atoms with Gasteiger partial charge < -0.3 is 4.57 Å². The second-order valence-corrected chi connectivity index (χ2v) is 4.39. The number of hydrogen-bond donors (Lipinski definition) is 3. The van der Waals surface area contributed by atoms with Crippen LogP contribution in [-0.2, 0) is 13.2 Å². The van der Waals surface area contributed by atoms with Crippen LogP contribution in [-0.4, -0.2) is 19.5 Å². The van der Waals surface area contributed by atoms with Gasteiger partial charge in [-0.2, -0.15) is 0 Å². The smallest absolute Gasteiger partial charge is 0.303 e. The van der Waals surface area contributed by atoms with Crippen LogP contribution < -0.4 is 16.6 Å². The Bertz CT molecular complexity index is 831. The van der Waals surface area contributed by atoms with Crippen LogP contribution in [0.2, 0.25) is 0 Å². The minimum absolute atomic E-state index is 0.228. The van der Waals surface area contributed by atoms with Crippen LogP contribution in [0.3, 0.4) is 0 Å². The van der Waals surface area contributed by atoms with Crippen molar-refractivity contribution in [2.45, 2.75) is 13.2 Å². The van der Waals surface area contributed by atoms with E-state index in [4.69, 9.17) is 0 Å². The van der Waals surface area contributed by atoms with Gasteiger partial charge in [0.25, 0.3) is 5.56 Å². The Morgan fingerprint density at radius 3 is 2.75 bits per heavy atom. The molecule has 102 valence electrons. The maximum absolute atomic E-state index is 11.5. The van der Waals surface area contributed by atoms with E-state index in [1.807, 2.05) is 30.3 Å². The summed E-state index contributed by atoms with van der Waals surface area (Å²) in [7, 11) is 0.